The number of ether oxygens (including phenoxy) is 1. The first kappa shape index (κ1) is 16.1. The van der Waals surface area contributed by atoms with Gasteiger partial charge in [0, 0.05) is 24.5 Å². The monoisotopic (exact) mass is 264 g/mol. The van der Waals surface area contributed by atoms with Crippen LogP contribution in [0.15, 0.2) is 12.1 Å². The van der Waals surface area contributed by atoms with Crippen molar-refractivity contribution in [1.29, 1.82) is 0 Å². The Labute approximate surface area is 117 Å². The molecule has 0 amide bonds. The first-order valence-corrected chi connectivity index (χ1v) is 7.12. The van der Waals surface area contributed by atoms with Crippen molar-refractivity contribution in [3.05, 3.63) is 29.1 Å². The minimum atomic E-state index is -0.0697. The zero-order chi connectivity index (χ0) is 14.5. The van der Waals surface area contributed by atoms with Crippen molar-refractivity contribution in [1.82, 2.24) is 10.3 Å². The van der Waals surface area contributed by atoms with E-state index < -0.39 is 0 Å². The van der Waals surface area contributed by atoms with Crippen LogP contribution in [0.25, 0.3) is 0 Å². The molecule has 1 aromatic rings. The third-order valence-electron chi connectivity index (χ3n) is 3.68. The molecule has 1 rings (SSSR count). The number of aryl methyl sites for hydroxylation is 2. The molecule has 0 saturated heterocycles. The zero-order valence-corrected chi connectivity index (χ0v) is 13.2. The quantitative estimate of drug-likeness (QED) is 0.817. The summed E-state index contributed by atoms with van der Waals surface area (Å²) in [6, 6.07) is 4.64. The van der Waals surface area contributed by atoms with Gasteiger partial charge in [-0.2, -0.15) is 0 Å². The molecule has 1 aromatic heterocycles. The largest absolute Gasteiger partial charge is 0.379 e. The highest BCUT2D eigenvalue weighted by molar-refractivity contribution is 5.25. The van der Waals surface area contributed by atoms with E-state index in [0.717, 1.165) is 30.8 Å². The highest BCUT2D eigenvalue weighted by Gasteiger charge is 2.21. The standard InChI is InChI=1S/C16H28N2O/c1-7-17-15(10-11-16(4,5)19-6)14-9-8-12(2)18-13(14)3/h8-9,15,17H,7,10-11H2,1-6H3. The lowest BCUT2D eigenvalue weighted by molar-refractivity contribution is 0.0117. The van der Waals surface area contributed by atoms with Crippen LogP contribution in [-0.4, -0.2) is 24.2 Å². The third kappa shape index (κ3) is 4.92. The minimum Gasteiger partial charge on any atom is -0.379 e. The van der Waals surface area contributed by atoms with Gasteiger partial charge in [0.1, 0.15) is 0 Å². The van der Waals surface area contributed by atoms with E-state index in [9.17, 15) is 0 Å². The summed E-state index contributed by atoms with van der Waals surface area (Å²) in [5, 5.41) is 3.56. The van der Waals surface area contributed by atoms with E-state index in [1.807, 2.05) is 6.92 Å². The SMILES string of the molecule is CCNC(CCC(C)(C)OC)c1ccc(C)nc1C. The molecule has 0 saturated carbocycles. The van der Waals surface area contributed by atoms with E-state index in [1.54, 1.807) is 7.11 Å². The van der Waals surface area contributed by atoms with E-state index in [2.05, 4.69) is 50.1 Å². The summed E-state index contributed by atoms with van der Waals surface area (Å²) >= 11 is 0. The van der Waals surface area contributed by atoms with Crippen LogP contribution in [0.3, 0.4) is 0 Å². The molecular weight excluding hydrogens is 236 g/mol. The molecule has 0 spiro atoms. The number of hydrogen-bond donors (Lipinski definition) is 1. The number of rotatable bonds is 7. The molecule has 1 heterocycles. The number of methoxy groups -OCH3 is 1. The third-order valence-corrected chi connectivity index (χ3v) is 3.68. The van der Waals surface area contributed by atoms with Crippen LogP contribution in [0, 0.1) is 13.8 Å². The number of hydrogen-bond acceptors (Lipinski definition) is 3. The van der Waals surface area contributed by atoms with Gasteiger partial charge in [0.25, 0.3) is 0 Å². The van der Waals surface area contributed by atoms with Crippen molar-refractivity contribution >= 4 is 0 Å². The second-order valence-corrected chi connectivity index (χ2v) is 5.74. The van der Waals surface area contributed by atoms with Crippen molar-refractivity contribution in [2.75, 3.05) is 13.7 Å². The summed E-state index contributed by atoms with van der Waals surface area (Å²) < 4.78 is 5.51. The van der Waals surface area contributed by atoms with Crippen LogP contribution in [0.2, 0.25) is 0 Å². The fourth-order valence-electron chi connectivity index (χ4n) is 2.27. The molecule has 3 nitrogen and oxygen atoms in total. The molecular formula is C16H28N2O. The first-order valence-electron chi connectivity index (χ1n) is 7.12. The molecule has 0 bridgehead atoms. The van der Waals surface area contributed by atoms with Crippen molar-refractivity contribution in [3.8, 4) is 0 Å². The van der Waals surface area contributed by atoms with E-state index in [4.69, 9.17) is 4.74 Å². The molecule has 3 heteroatoms. The highest BCUT2D eigenvalue weighted by atomic mass is 16.5. The lowest BCUT2D eigenvalue weighted by atomic mass is 9.94. The Morgan fingerprint density at radius 2 is 2.00 bits per heavy atom. The highest BCUT2D eigenvalue weighted by Crippen LogP contribution is 2.26. The minimum absolute atomic E-state index is 0.0697. The summed E-state index contributed by atoms with van der Waals surface area (Å²) in [7, 11) is 1.78. The molecule has 0 aliphatic rings. The van der Waals surface area contributed by atoms with Crippen LogP contribution in [-0.2, 0) is 4.74 Å². The Hall–Kier alpha value is -0.930. The molecule has 0 radical (unpaired) electrons. The van der Waals surface area contributed by atoms with E-state index >= 15 is 0 Å². The first-order chi connectivity index (χ1) is 8.89. The van der Waals surface area contributed by atoms with Gasteiger partial charge in [-0.05, 0) is 58.7 Å². The molecule has 108 valence electrons. The van der Waals surface area contributed by atoms with Crippen LogP contribution >= 0.6 is 0 Å². The molecule has 0 aromatic carbocycles. The Kier molecular flexibility index (Phi) is 5.95. The predicted molar refractivity (Wildman–Crippen MR) is 80.5 cm³/mol. The maximum Gasteiger partial charge on any atom is 0.0623 e. The average molecular weight is 264 g/mol. The summed E-state index contributed by atoms with van der Waals surface area (Å²) in [5.41, 5.74) is 3.44. The van der Waals surface area contributed by atoms with Gasteiger partial charge in [-0.1, -0.05) is 13.0 Å². The van der Waals surface area contributed by atoms with Gasteiger partial charge in [-0.3, -0.25) is 4.98 Å². The van der Waals surface area contributed by atoms with Crippen LogP contribution < -0.4 is 5.32 Å². The molecule has 1 atom stereocenters. The average Bonchev–Trinajstić information content (AvgIpc) is 2.35. The van der Waals surface area contributed by atoms with Gasteiger partial charge < -0.3 is 10.1 Å². The topological polar surface area (TPSA) is 34.1 Å². The molecule has 1 unspecified atom stereocenters. The van der Waals surface area contributed by atoms with E-state index in [1.165, 1.54) is 5.56 Å². The van der Waals surface area contributed by atoms with Gasteiger partial charge in [-0.25, -0.2) is 0 Å². The number of nitrogens with one attached hydrogen (secondary N) is 1. The Bertz CT molecular complexity index is 402. The van der Waals surface area contributed by atoms with E-state index in [-0.39, 0.29) is 5.60 Å². The lowest BCUT2D eigenvalue weighted by Crippen LogP contribution is -2.28. The zero-order valence-electron chi connectivity index (χ0n) is 13.2. The van der Waals surface area contributed by atoms with Crippen LogP contribution in [0.4, 0.5) is 0 Å². The maximum atomic E-state index is 5.51. The van der Waals surface area contributed by atoms with Crippen LogP contribution in [0.5, 0.6) is 0 Å². The molecule has 1 N–H and O–H groups in total. The maximum absolute atomic E-state index is 5.51. The van der Waals surface area contributed by atoms with Crippen molar-refractivity contribution < 1.29 is 4.74 Å². The van der Waals surface area contributed by atoms with Gasteiger partial charge in [0.15, 0.2) is 0 Å². The Morgan fingerprint density at radius 1 is 1.32 bits per heavy atom. The number of pyridine rings is 1. The predicted octanol–water partition coefficient (Wildman–Crippen LogP) is 3.55. The van der Waals surface area contributed by atoms with Crippen molar-refractivity contribution in [2.24, 2.45) is 0 Å². The van der Waals surface area contributed by atoms with Gasteiger partial charge in [-0.15, -0.1) is 0 Å². The fourth-order valence-corrected chi connectivity index (χ4v) is 2.27. The van der Waals surface area contributed by atoms with Gasteiger partial charge in [0.2, 0.25) is 0 Å². The molecule has 0 fully saturated rings. The lowest BCUT2D eigenvalue weighted by Gasteiger charge is -2.27. The molecule has 0 aliphatic heterocycles. The van der Waals surface area contributed by atoms with Gasteiger partial charge >= 0.3 is 0 Å². The smallest absolute Gasteiger partial charge is 0.0623 e. The van der Waals surface area contributed by atoms with Crippen molar-refractivity contribution in [3.63, 3.8) is 0 Å². The normalized spacial score (nSPS) is 13.6. The summed E-state index contributed by atoms with van der Waals surface area (Å²) in [4.78, 5) is 4.57. The molecule has 0 aliphatic carbocycles. The Morgan fingerprint density at radius 3 is 2.53 bits per heavy atom. The second-order valence-electron chi connectivity index (χ2n) is 5.74. The van der Waals surface area contributed by atoms with E-state index in [0.29, 0.717) is 6.04 Å². The molecule has 19 heavy (non-hydrogen) atoms. The second kappa shape index (κ2) is 7.01. The van der Waals surface area contributed by atoms with Crippen molar-refractivity contribution in [2.45, 2.75) is 59.1 Å². The summed E-state index contributed by atoms with van der Waals surface area (Å²) in [5.74, 6) is 0. The van der Waals surface area contributed by atoms with Crippen LogP contribution in [0.1, 0.15) is 56.6 Å². The number of nitrogens with zero attached hydrogens (tertiary/aromatic N) is 1. The number of aromatic nitrogens is 1. The summed E-state index contributed by atoms with van der Waals surface area (Å²) in [6.07, 6.45) is 2.08. The van der Waals surface area contributed by atoms with Gasteiger partial charge in [0.05, 0.1) is 5.60 Å². The summed E-state index contributed by atoms with van der Waals surface area (Å²) in [6.45, 7) is 11.5. The Balaban J connectivity index is 2.82. The fraction of sp³-hybridized carbons (Fsp3) is 0.688.